The van der Waals surface area contributed by atoms with Crippen LogP contribution in [0.1, 0.15) is 31.2 Å². The van der Waals surface area contributed by atoms with Crippen LogP contribution in [0.5, 0.6) is 0 Å². The number of rotatable bonds is 7. The highest BCUT2D eigenvalue weighted by Crippen LogP contribution is 2.35. The lowest BCUT2D eigenvalue weighted by molar-refractivity contribution is -0.137. The zero-order valence-corrected chi connectivity index (χ0v) is 18.6. The third kappa shape index (κ3) is 5.16. The lowest BCUT2D eigenvalue weighted by atomic mass is 9.77. The Hall–Kier alpha value is -2.76. The number of carbonyl (C=O) groups is 1. The zero-order valence-electron chi connectivity index (χ0n) is 18.6. The number of fused-ring (bicyclic) bond motifs is 1. The lowest BCUT2D eigenvalue weighted by Gasteiger charge is -2.48. The Kier molecular flexibility index (Phi) is 6.79. The van der Waals surface area contributed by atoms with E-state index < -0.39 is 23.4 Å². The number of amides is 1. The summed E-state index contributed by atoms with van der Waals surface area (Å²) in [5.74, 6) is -0.117. The van der Waals surface area contributed by atoms with E-state index in [1.54, 1.807) is 0 Å². The maximum atomic E-state index is 13.0. The van der Waals surface area contributed by atoms with Crippen LogP contribution in [0.15, 0.2) is 37.2 Å². The fourth-order valence-electron chi connectivity index (χ4n) is 4.70. The minimum Gasteiger partial charge on any atom is -0.387 e. The SMILES string of the molecule is C=CC(O)C1(O)CCC(N2CC(NC(=O)CNc3ncnc4ccc(C(F)(F)F)cc34)C2)CC1. The van der Waals surface area contributed by atoms with E-state index in [9.17, 15) is 28.2 Å². The highest BCUT2D eigenvalue weighted by molar-refractivity contribution is 5.91. The van der Waals surface area contributed by atoms with Gasteiger partial charge in [-0.05, 0) is 43.9 Å². The van der Waals surface area contributed by atoms with E-state index in [1.165, 1.54) is 18.5 Å². The van der Waals surface area contributed by atoms with Crippen LogP contribution in [0, 0.1) is 0 Å². The van der Waals surface area contributed by atoms with Gasteiger partial charge in [0.1, 0.15) is 18.2 Å². The van der Waals surface area contributed by atoms with Crippen molar-refractivity contribution in [2.75, 3.05) is 25.0 Å². The fourth-order valence-corrected chi connectivity index (χ4v) is 4.70. The highest BCUT2D eigenvalue weighted by atomic mass is 19.4. The molecule has 1 aromatic carbocycles. The van der Waals surface area contributed by atoms with E-state index in [-0.39, 0.29) is 29.7 Å². The largest absolute Gasteiger partial charge is 0.416 e. The standard InChI is InChI=1S/C23H28F3N5O3/c1-2-19(32)22(34)7-5-16(6-8-22)31-11-15(12-31)30-20(33)10-27-21-17-9-14(23(24,25)26)3-4-18(17)28-13-29-21/h2-4,9,13,15-16,19,32,34H,1,5-8,10-12H2,(H,30,33)(H,27,28,29). The fraction of sp³-hybridized carbons (Fsp3) is 0.522. The van der Waals surface area contributed by atoms with E-state index in [4.69, 9.17) is 0 Å². The number of aliphatic hydroxyl groups excluding tert-OH is 1. The quantitative estimate of drug-likeness (QED) is 0.450. The minimum absolute atomic E-state index is 0.0205. The molecule has 1 atom stereocenters. The van der Waals surface area contributed by atoms with Crippen LogP contribution in [0.2, 0.25) is 0 Å². The molecule has 1 unspecified atom stereocenters. The third-order valence-electron chi connectivity index (χ3n) is 6.77. The first kappa shape index (κ1) is 24.4. The molecule has 2 aliphatic rings. The summed E-state index contributed by atoms with van der Waals surface area (Å²) >= 11 is 0. The molecule has 2 aromatic rings. The first-order chi connectivity index (χ1) is 16.1. The van der Waals surface area contributed by atoms with E-state index in [0.29, 0.717) is 37.5 Å². The van der Waals surface area contributed by atoms with E-state index in [2.05, 4.69) is 32.1 Å². The number of likely N-dealkylation sites (tertiary alicyclic amines) is 1. The molecule has 2 fully saturated rings. The Morgan fingerprint density at radius 1 is 1.29 bits per heavy atom. The van der Waals surface area contributed by atoms with Crippen molar-refractivity contribution in [1.29, 1.82) is 0 Å². The normalized spacial score (nSPS) is 24.9. The van der Waals surface area contributed by atoms with Crippen molar-refractivity contribution in [2.45, 2.75) is 55.6 Å². The molecule has 1 aliphatic heterocycles. The van der Waals surface area contributed by atoms with Gasteiger partial charge in [-0.25, -0.2) is 9.97 Å². The van der Waals surface area contributed by atoms with Gasteiger partial charge in [0.05, 0.1) is 29.3 Å². The summed E-state index contributed by atoms with van der Waals surface area (Å²) in [5.41, 5.74) is -1.58. The van der Waals surface area contributed by atoms with Crippen molar-refractivity contribution in [2.24, 2.45) is 0 Å². The monoisotopic (exact) mass is 479 g/mol. The van der Waals surface area contributed by atoms with Crippen molar-refractivity contribution in [3.8, 4) is 0 Å². The van der Waals surface area contributed by atoms with Gasteiger partial charge in [0.25, 0.3) is 0 Å². The average molecular weight is 480 g/mol. The Morgan fingerprint density at radius 3 is 2.65 bits per heavy atom. The van der Waals surface area contributed by atoms with Crippen LogP contribution >= 0.6 is 0 Å². The lowest BCUT2D eigenvalue weighted by Crippen LogP contribution is -2.63. The molecular weight excluding hydrogens is 451 g/mol. The first-order valence-electron chi connectivity index (χ1n) is 11.2. The molecular formula is C23H28F3N5O3. The number of aliphatic hydroxyl groups is 2. The van der Waals surface area contributed by atoms with Crippen LogP contribution in [0.4, 0.5) is 19.0 Å². The van der Waals surface area contributed by atoms with Crippen LogP contribution in [0.25, 0.3) is 10.9 Å². The van der Waals surface area contributed by atoms with Crippen molar-refractivity contribution in [3.63, 3.8) is 0 Å². The number of aromatic nitrogens is 2. The average Bonchev–Trinajstić information content (AvgIpc) is 2.79. The van der Waals surface area contributed by atoms with E-state index in [0.717, 1.165) is 25.0 Å². The molecule has 0 spiro atoms. The Morgan fingerprint density at radius 2 is 2.00 bits per heavy atom. The molecule has 8 nitrogen and oxygen atoms in total. The number of anilines is 1. The number of hydrogen-bond donors (Lipinski definition) is 4. The molecule has 4 rings (SSSR count). The van der Waals surface area contributed by atoms with Crippen molar-refractivity contribution in [1.82, 2.24) is 20.2 Å². The summed E-state index contributed by atoms with van der Waals surface area (Å²) in [6.07, 6.45) is -0.332. The summed E-state index contributed by atoms with van der Waals surface area (Å²) in [7, 11) is 0. The second-order valence-electron chi connectivity index (χ2n) is 9.04. The number of hydrogen-bond acceptors (Lipinski definition) is 7. The van der Waals surface area contributed by atoms with Gasteiger partial charge in [0, 0.05) is 24.5 Å². The molecule has 4 N–H and O–H groups in total. The predicted octanol–water partition coefficient (Wildman–Crippen LogP) is 2.08. The molecule has 1 aromatic heterocycles. The predicted molar refractivity (Wildman–Crippen MR) is 120 cm³/mol. The number of nitrogens with one attached hydrogen (secondary N) is 2. The van der Waals surface area contributed by atoms with Gasteiger partial charge in [-0.3, -0.25) is 9.69 Å². The molecule has 0 bridgehead atoms. The molecule has 0 radical (unpaired) electrons. The van der Waals surface area contributed by atoms with Crippen molar-refractivity contribution in [3.05, 3.63) is 42.7 Å². The van der Waals surface area contributed by atoms with Gasteiger partial charge in [0.2, 0.25) is 5.91 Å². The number of nitrogens with zero attached hydrogens (tertiary/aromatic N) is 3. The number of alkyl halides is 3. The Bertz CT molecular complexity index is 1050. The maximum absolute atomic E-state index is 13.0. The van der Waals surface area contributed by atoms with Gasteiger partial charge in [-0.15, -0.1) is 6.58 Å². The molecule has 2 heterocycles. The summed E-state index contributed by atoms with van der Waals surface area (Å²) in [6.45, 7) is 4.78. The third-order valence-corrected chi connectivity index (χ3v) is 6.77. The van der Waals surface area contributed by atoms with Gasteiger partial charge in [-0.2, -0.15) is 13.2 Å². The van der Waals surface area contributed by atoms with Crippen LogP contribution < -0.4 is 10.6 Å². The molecule has 34 heavy (non-hydrogen) atoms. The smallest absolute Gasteiger partial charge is 0.387 e. The van der Waals surface area contributed by atoms with Gasteiger partial charge < -0.3 is 20.8 Å². The second-order valence-corrected chi connectivity index (χ2v) is 9.04. The van der Waals surface area contributed by atoms with E-state index in [1.807, 2.05) is 0 Å². The van der Waals surface area contributed by atoms with Crippen LogP contribution in [-0.4, -0.2) is 74.4 Å². The Balaban J connectivity index is 1.25. The van der Waals surface area contributed by atoms with Crippen molar-refractivity contribution >= 4 is 22.6 Å². The summed E-state index contributed by atoms with van der Waals surface area (Å²) in [4.78, 5) is 22.6. The molecule has 1 saturated carbocycles. The van der Waals surface area contributed by atoms with Gasteiger partial charge >= 0.3 is 6.18 Å². The number of halogens is 3. The van der Waals surface area contributed by atoms with Gasteiger partial charge in [-0.1, -0.05) is 6.08 Å². The zero-order chi connectivity index (χ0) is 24.5. The molecule has 11 heteroatoms. The first-order valence-corrected chi connectivity index (χ1v) is 11.2. The van der Waals surface area contributed by atoms with Gasteiger partial charge in [0.15, 0.2) is 0 Å². The minimum atomic E-state index is -4.49. The summed E-state index contributed by atoms with van der Waals surface area (Å²) < 4.78 is 39.1. The number of carbonyl (C=O) groups excluding carboxylic acids is 1. The molecule has 1 saturated heterocycles. The van der Waals surface area contributed by atoms with Crippen molar-refractivity contribution < 1.29 is 28.2 Å². The summed E-state index contributed by atoms with van der Waals surface area (Å²) in [6, 6.07) is 3.48. The van der Waals surface area contributed by atoms with Crippen LogP contribution in [0.3, 0.4) is 0 Å². The summed E-state index contributed by atoms with van der Waals surface area (Å²) in [5, 5.41) is 26.4. The molecule has 184 valence electrons. The molecule has 1 aliphatic carbocycles. The maximum Gasteiger partial charge on any atom is 0.416 e. The highest BCUT2D eigenvalue weighted by Gasteiger charge is 2.42. The van der Waals surface area contributed by atoms with E-state index >= 15 is 0 Å². The number of benzene rings is 1. The Labute approximate surface area is 194 Å². The van der Waals surface area contributed by atoms with Crippen LogP contribution in [-0.2, 0) is 11.0 Å². The molecule has 1 amide bonds. The topological polar surface area (TPSA) is 111 Å². The second kappa shape index (κ2) is 9.47.